The number of hydrogen-bond donors (Lipinski definition) is 1. The highest BCUT2D eigenvalue weighted by Gasteiger charge is 2.45. The minimum Gasteiger partial charge on any atom is -0.495 e. The number of rotatable bonds is 3. The van der Waals surface area contributed by atoms with Crippen molar-refractivity contribution < 1.29 is 9.84 Å². The van der Waals surface area contributed by atoms with Crippen LogP contribution in [0, 0.1) is 0 Å². The first kappa shape index (κ1) is 11.1. The third-order valence-corrected chi connectivity index (χ3v) is 3.58. The second kappa shape index (κ2) is 3.85. The Hall–Kier alpha value is -0.440. The molecule has 1 aliphatic carbocycles. The number of hydrogen-bond acceptors (Lipinski definition) is 2. The molecule has 0 heterocycles. The molecule has 0 atom stereocenters. The highest BCUT2D eigenvalue weighted by Crippen LogP contribution is 2.51. The zero-order valence-electron chi connectivity index (χ0n) is 8.39. The molecule has 15 heavy (non-hydrogen) atoms. The molecule has 82 valence electrons. The Morgan fingerprint density at radius 1 is 1.33 bits per heavy atom. The van der Waals surface area contributed by atoms with Crippen molar-refractivity contribution in [1.29, 1.82) is 0 Å². The van der Waals surface area contributed by atoms with Crippen molar-refractivity contribution in [3.8, 4) is 5.75 Å². The van der Waals surface area contributed by atoms with Gasteiger partial charge >= 0.3 is 0 Å². The lowest BCUT2D eigenvalue weighted by molar-refractivity contribution is 0.255. The molecule has 1 saturated carbocycles. The molecule has 0 unspecified atom stereocenters. The first-order valence-electron chi connectivity index (χ1n) is 4.77. The van der Waals surface area contributed by atoms with Crippen LogP contribution in [-0.4, -0.2) is 18.8 Å². The highest BCUT2D eigenvalue weighted by molar-refractivity contribution is 6.34. The Kier molecular flexibility index (Phi) is 2.84. The van der Waals surface area contributed by atoms with Gasteiger partial charge in [0.25, 0.3) is 0 Å². The van der Waals surface area contributed by atoms with E-state index in [1.165, 1.54) is 0 Å². The van der Waals surface area contributed by atoms with Crippen LogP contribution < -0.4 is 4.74 Å². The van der Waals surface area contributed by atoms with E-state index in [9.17, 15) is 5.11 Å². The molecule has 1 N–H and O–H groups in total. The molecule has 2 nitrogen and oxygen atoms in total. The molecule has 1 aliphatic rings. The predicted molar refractivity (Wildman–Crippen MR) is 61.0 cm³/mol. The van der Waals surface area contributed by atoms with E-state index in [-0.39, 0.29) is 12.0 Å². The van der Waals surface area contributed by atoms with Crippen LogP contribution in [0.2, 0.25) is 10.0 Å². The quantitative estimate of drug-likeness (QED) is 0.889. The maximum absolute atomic E-state index is 9.32. The Morgan fingerprint density at radius 2 is 2.00 bits per heavy atom. The number of aliphatic hydroxyl groups excluding tert-OH is 1. The van der Waals surface area contributed by atoms with Crippen LogP contribution in [0.5, 0.6) is 5.75 Å². The lowest BCUT2D eigenvalue weighted by atomic mass is 9.97. The lowest BCUT2D eigenvalue weighted by Crippen LogP contribution is -2.12. The van der Waals surface area contributed by atoms with Gasteiger partial charge < -0.3 is 9.84 Å². The molecule has 1 aromatic rings. The van der Waals surface area contributed by atoms with E-state index in [2.05, 4.69) is 0 Å². The van der Waals surface area contributed by atoms with Crippen LogP contribution in [0.4, 0.5) is 0 Å². The van der Waals surface area contributed by atoms with Gasteiger partial charge in [-0.05, 0) is 24.5 Å². The van der Waals surface area contributed by atoms with Crippen LogP contribution in [-0.2, 0) is 5.41 Å². The Balaban J connectivity index is 2.45. The Morgan fingerprint density at radius 3 is 2.47 bits per heavy atom. The summed E-state index contributed by atoms with van der Waals surface area (Å²) in [5.41, 5.74) is 0.768. The van der Waals surface area contributed by atoms with Gasteiger partial charge in [0, 0.05) is 16.5 Å². The summed E-state index contributed by atoms with van der Waals surface area (Å²) in [7, 11) is 1.55. The summed E-state index contributed by atoms with van der Waals surface area (Å²) >= 11 is 12.2. The van der Waals surface area contributed by atoms with Crippen molar-refractivity contribution in [2.45, 2.75) is 18.3 Å². The van der Waals surface area contributed by atoms with Gasteiger partial charge in [-0.25, -0.2) is 0 Å². The van der Waals surface area contributed by atoms with E-state index >= 15 is 0 Å². The van der Waals surface area contributed by atoms with E-state index in [0.29, 0.717) is 15.8 Å². The Bertz CT molecular complexity index is 386. The van der Waals surface area contributed by atoms with E-state index in [1.54, 1.807) is 19.2 Å². The molecule has 4 heteroatoms. The third kappa shape index (κ3) is 1.82. The van der Waals surface area contributed by atoms with E-state index in [0.717, 1.165) is 18.4 Å². The molecule has 1 aromatic carbocycles. The lowest BCUT2D eigenvalue weighted by Gasteiger charge is -2.15. The van der Waals surface area contributed by atoms with Crippen molar-refractivity contribution in [2.75, 3.05) is 13.7 Å². The molecule has 0 bridgehead atoms. The molecule has 0 aromatic heterocycles. The molecule has 0 aliphatic heterocycles. The fraction of sp³-hybridized carbons (Fsp3) is 0.455. The van der Waals surface area contributed by atoms with Gasteiger partial charge in [0.2, 0.25) is 0 Å². The highest BCUT2D eigenvalue weighted by atomic mass is 35.5. The van der Waals surface area contributed by atoms with Crippen molar-refractivity contribution in [1.82, 2.24) is 0 Å². The summed E-state index contributed by atoms with van der Waals surface area (Å²) in [5, 5.41) is 10.5. The second-order valence-corrected chi connectivity index (χ2v) is 4.72. The maximum Gasteiger partial charge on any atom is 0.138 e. The van der Waals surface area contributed by atoms with Crippen LogP contribution >= 0.6 is 23.2 Å². The summed E-state index contributed by atoms with van der Waals surface area (Å²) in [6, 6.07) is 3.50. The number of aliphatic hydroxyl groups is 1. The largest absolute Gasteiger partial charge is 0.495 e. The molecular weight excluding hydrogens is 235 g/mol. The van der Waals surface area contributed by atoms with Gasteiger partial charge in [-0.15, -0.1) is 0 Å². The zero-order valence-corrected chi connectivity index (χ0v) is 9.90. The average Bonchev–Trinajstić information content (AvgIpc) is 3.01. The molecule has 0 amide bonds. The number of halogens is 2. The fourth-order valence-corrected chi connectivity index (χ4v) is 2.35. The third-order valence-electron chi connectivity index (χ3n) is 2.97. The second-order valence-electron chi connectivity index (χ2n) is 3.91. The standard InChI is InChI=1S/C11H12Cl2O2/c1-15-10-5-8(12)7(4-9(10)13)11(6-14)2-3-11/h4-5,14H,2-3,6H2,1H3. The summed E-state index contributed by atoms with van der Waals surface area (Å²) in [6.07, 6.45) is 1.93. The molecule has 2 rings (SSSR count). The normalized spacial score (nSPS) is 17.6. The van der Waals surface area contributed by atoms with Gasteiger partial charge in [-0.3, -0.25) is 0 Å². The van der Waals surface area contributed by atoms with Crippen LogP contribution in [0.1, 0.15) is 18.4 Å². The number of benzene rings is 1. The van der Waals surface area contributed by atoms with E-state index < -0.39 is 0 Å². The molecule has 0 radical (unpaired) electrons. The summed E-state index contributed by atoms with van der Waals surface area (Å²) in [4.78, 5) is 0. The van der Waals surface area contributed by atoms with Gasteiger partial charge in [0.05, 0.1) is 18.7 Å². The van der Waals surface area contributed by atoms with Crippen molar-refractivity contribution in [3.63, 3.8) is 0 Å². The van der Waals surface area contributed by atoms with Crippen molar-refractivity contribution in [2.24, 2.45) is 0 Å². The van der Waals surface area contributed by atoms with E-state index in [1.807, 2.05) is 0 Å². The zero-order chi connectivity index (χ0) is 11.1. The monoisotopic (exact) mass is 246 g/mol. The molecular formula is C11H12Cl2O2. The molecule has 1 fully saturated rings. The summed E-state index contributed by atoms with van der Waals surface area (Å²) in [6.45, 7) is 0.120. The average molecular weight is 247 g/mol. The minimum absolute atomic E-state index is 0.120. The van der Waals surface area contributed by atoms with Crippen LogP contribution in [0.15, 0.2) is 12.1 Å². The predicted octanol–water partition coefficient (Wildman–Crippen LogP) is 3.03. The molecule has 0 spiro atoms. The first-order valence-corrected chi connectivity index (χ1v) is 5.53. The van der Waals surface area contributed by atoms with Gasteiger partial charge in [-0.2, -0.15) is 0 Å². The summed E-state index contributed by atoms with van der Waals surface area (Å²) in [5.74, 6) is 0.569. The van der Waals surface area contributed by atoms with Crippen LogP contribution in [0.3, 0.4) is 0 Å². The van der Waals surface area contributed by atoms with E-state index in [4.69, 9.17) is 27.9 Å². The fourth-order valence-electron chi connectivity index (χ4n) is 1.75. The van der Waals surface area contributed by atoms with Gasteiger partial charge in [-0.1, -0.05) is 23.2 Å². The minimum atomic E-state index is -0.160. The van der Waals surface area contributed by atoms with Gasteiger partial charge in [0.15, 0.2) is 0 Å². The van der Waals surface area contributed by atoms with Crippen molar-refractivity contribution >= 4 is 23.2 Å². The van der Waals surface area contributed by atoms with Crippen LogP contribution in [0.25, 0.3) is 0 Å². The Labute approximate surface area is 98.8 Å². The molecule has 0 saturated heterocycles. The van der Waals surface area contributed by atoms with Crippen molar-refractivity contribution in [3.05, 3.63) is 27.7 Å². The summed E-state index contributed by atoms with van der Waals surface area (Å²) < 4.78 is 5.07. The maximum atomic E-state index is 9.32. The van der Waals surface area contributed by atoms with Gasteiger partial charge in [0.1, 0.15) is 5.75 Å². The topological polar surface area (TPSA) is 29.5 Å². The first-order chi connectivity index (χ1) is 7.13. The number of ether oxygens (including phenoxy) is 1. The number of methoxy groups -OCH3 is 1. The SMILES string of the molecule is COc1cc(Cl)c(C2(CO)CC2)cc1Cl. The smallest absolute Gasteiger partial charge is 0.138 e.